The Morgan fingerprint density at radius 3 is 2.32 bits per heavy atom. The maximum Gasteiger partial charge on any atom is 0.416 e. The highest BCUT2D eigenvalue weighted by molar-refractivity contribution is 8.01. The molecule has 2 rings (SSSR count). The van der Waals surface area contributed by atoms with Gasteiger partial charge in [-0.05, 0) is 31.2 Å². The first-order valence-corrected chi connectivity index (χ1v) is 6.51. The fourth-order valence-electron chi connectivity index (χ4n) is 1.71. The molecule has 3 nitrogen and oxygen atoms in total. The van der Waals surface area contributed by atoms with Gasteiger partial charge in [0.2, 0.25) is 11.8 Å². The summed E-state index contributed by atoms with van der Waals surface area (Å²) in [5.74, 6) is -0.664. The third-order valence-corrected chi connectivity index (χ3v) is 3.84. The topological polar surface area (TPSA) is 37.4 Å². The molecule has 0 bridgehead atoms. The van der Waals surface area contributed by atoms with Crippen molar-refractivity contribution in [2.75, 3.05) is 10.7 Å². The molecule has 0 aromatic heterocycles. The number of alkyl halides is 3. The van der Waals surface area contributed by atoms with Crippen molar-refractivity contribution >= 4 is 29.3 Å². The minimum Gasteiger partial charge on any atom is -0.273 e. The van der Waals surface area contributed by atoms with Gasteiger partial charge >= 0.3 is 6.18 Å². The number of carbonyl (C=O) groups is 2. The SMILES string of the molecule is C[C@H]1SCC(=O)N(c2ccc(C(F)(F)F)cc2)C1=O. The molecule has 19 heavy (non-hydrogen) atoms. The fraction of sp³-hybridized carbons (Fsp3) is 0.333. The zero-order valence-corrected chi connectivity index (χ0v) is 10.7. The molecule has 2 amide bonds. The third kappa shape index (κ3) is 2.75. The summed E-state index contributed by atoms with van der Waals surface area (Å²) in [5.41, 5.74) is -0.634. The Balaban J connectivity index is 2.31. The minimum atomic E-state index is -4.43. The number of hydrogen-bond donors (Lipinski definition) is 0. The lowest BCUT2D eigenvalue weighted by Gasteiger charge is -2.28. The Bertz CT molecular complexity index is 513. The summed E-state index contributed by atoms with van der Waals surface area (Å²) in [5, 5.41) is -0.375. The van der Waals surface area contributed by atoms with E-state index in [1.54, 1.807) is 6.92 Å². The number of hydrogen-bond acceptors (Lipinski definition) is 3. The van der Waals surface area contributed by atoms with Gasteiger partial charge in [-0.25, -0.2) is 4.90 Å². The van der Waals surface area contributed by atoms with Crippen LogP contribution in [0.2, 0.25) is 0 Å². The average molecular weight is 289 g/mol. The van der Waals surface area contributed by atoms with Gasteiger partial charge in [0.05, 0.1) is 22.3 Å². The quantitative estimate of drug-likeness (QED) is 0.746. The van der Waals surface area contributed by atoms with E-state index < -0.39 is 23.6 Å². The van der Waals surface area contributed by atoms with E-state index in [0.717, 1.165) is 29.2 Å². The highest BCUT2D eigenvalue weighted by atomic mass is 32.2. The first kappa shape index (κ1) is 13.9. The number of rotatable bonds is 1. The van der Waals surface area contributed by atoms with Crippen LogP contribution in [0.3, 0.4) is 0 Å². The molecule has 1 atom stereocenters. The van der Waals surface area contributed by atoms with E-state index in [2.05, 4.69) is 0 Å². The van der Waals surface area contributed by atoms with Gasteiger partial charge < -0.3 is 0 Å². The monoisotopic (exact) mass is 289 g/mol. The smallest absolute Gasteiger partial charge is 0.273 e. The predicted molar refractivity (Wildman–Crippen MR) is 65.9 cm³/mol. The van der Waals surface area contributed by atoms with E-state index in [0.29, 0.717) is 0 Å². The van der Waals surface area contributed by atoms with E-state index in [-0.39, 0.29) is 16.7 Å². The maximum atomic E-state index is 12.4. The lowest BCUT2D eigenvalue weighted by Crippen LogP contribution is -2.46. The van der Waals surface area contributed by atoms with Crippen LogP contribution in [-0.2, 0) is 15.8 Å². The molecule has 0 aliphatic carbocycles. The second-order valence-electron chi connectivity index (χ2n) is 4.07. The van der Waals surface area contributed by atoms with E-state index >= 15 is 0 Å². The molecule has 1 aromatic rings. The number of anilines is 1. The predicted octanol–water partition coefficient (Wildman–Crippen LogP) is 2.70. The van der Waals surface area contributed by atoms with Crippen LogP contribution < -0.4 is 4.90 Å². The lowest BCUT2D eigenvalue weighted by molar-refractivity contribution is -0.137. The first-order chi connectivity index (χ1) is 8.80. The molecule has 0 spiro atoms. The molecule has 7 heteroatoms. The van der Waals surface area contributed by atoms with Crippen LogP contribution in [0.1, 0.15) is 12.5 Å². The largest absolute Gasteiger partial charge is 0.416 e. The Hall–Kier alpha value is -1.50. The molecule has 0 saturated carbocycles. The van der Waals surface area contributed by atoms with Gasteiger partial charge in [0, 0.05) is 0 Å². The Labute approximate surface area is 111 Å². The van der Waals surface area contributed by atoms with Gasteiger partial charge in [-0.1, -0.05) is 0 Å². The number of imide groups is 1. The van der Waals surface area contributed by atoms with Crippen molar-refractivity contribution in [3.8, 4) is 0 Å². The zero-order valence-electron chi connectivity index (χ0n) is 9.90. The fourth-order valence-corrected chi connectivity index (χ4v) is 2.48. The summed E-state index contributed by atoms with van der Waals surface area (Å²) in [6.07, 6.45) is -4.43. The standard InChI is InChI=1S/C12H10F3NO2S/c1-7-11(18)16(10(17)6-19-7)9-4-2-8(3-5-9)12(13,14)15/h2-5,7H,6H2,1H3/t7-/m1/s1. The highest BCUT2D eigenvalue weighted by Gasteiger charge is 2.34. The van der Waals surface area contributed by atoms with Crippen molar-refractivity contribution in [2.45, 2.75) is 18.3 Å². The van der Waals surface area contributed by atoms with E-state index in [1.807, 2.05) is 0 Å². The van der Waals surface area contributed by atoms with Crippen LogP contribution >= 0.6 is 11.8 Å². The lowest BCUT2D eigenvalue weighted by atomic mass is 10.2. The summed E-state index contributed by atoms with van der Waals surface area (Å²) in [4.78, 5) is 24.5. The highest BCUT2D eigenvalue weighted by Crippen LogP contribution is 2.32. The Kier molecular flexibility index (Phi) is 3.58. The van der Waals surface area contributed by atoms with Crippen LogP contribution in [0.4, 0.5) is 18.9 Å². The molecule has 0 radical (unpaired) electrons. The van der Waals surface area contributed by atoms with Crippen molar-refractivity contribution < 1.29 is 22.8 Å². The molecular weight excluding hydrogens is 279 g/mol. The number of amides is 2. The van der Waals surface area contributed by atoms with Crippen molar-refractivity contribution in [2.24, 2.45) is 0 Å². The maximum absolute atomic E-state index is 12.4. The van der Waals surface area contributed by atoms with Gasteiger partial charge in [0.25, 0.3) is 0 Å². The molecular formula is C12H10F3NO2S. The molecule has 102 valence electrons. The van der Waals surface area contributed by atoms with E-state index in [4.69, 9.17) is 0 Å². The third-order valence-electron chi connectivity index (χ3n) is 2.73. The zero-order chi connectivity index (χ0) is 14.2. The number of benzene rings is 1. The number of carbonyl (C=O) groups excluding carboxylic acids is 2. The van der Waals surface area contributed by atoms with Crippen molar-refractivity contribution in [3.63, 3.8) is 0 Å². The molecule has 1 aliphatic rings. The van der Waals surface area contributed by atoms with E-state index in [1.165, 1.54) is 11.8 Å². The summed E-state index contributed by atoms with van der Waals surface area (Å²) < 4.78 is 37.3. The number of halogens is 3. The van der Waals surface area contributed by atoms with Gasteiger partial charge in [0.1, 0.15) is 0 Å². The van der Waals surface area contributed by atoms with Gasteiger partial charge in [-0.2, -0.15) is 13.2 Å². The molecule has 1 aliphatic heterocycles. The second kappa shape index (κ2) is 4.88. The molecule has 1 fully saturated rings. The number of thioether (sulfide) groups is 1. The van der Waals surface area contributed by atoms with Crippen LogP contribution in [0.15, 0.2) is 24.3 Å². The van der Waals surface area contributed by atoms with Gasteiger partial charge in [-0.3, -0.25) is 9.59 Å². The Morgan fingerprint density at radius 1 is 1.21 bits per heavy atom. The van der Waals surface area contributed by atoms with Crippen LogP contribution in [-0.4, -0.2) is 22.8 Å². The van der Waals surface area contributed by atoms with Crippen molar-refractivity contribution in [1.29, 1.82) is 0 Å². The van der Waals surface area contributed by atoms with Gasteiger partial charge in [0.15, 0.2) is 0 Å². The van der Waals surface area contributed by atoms with Crippen LogP contribution in [0.5, 0.6) is 0 Å². The number of nitrogens with zero attached hydrogens (tertiary/aromatic N) is 1. The second-order valence-corrected chi connectivity index (χ2v) is 5.39. The minimum absolute atomic E-state index is 0.147. The average Bonchev–Trinajstić information content (AvgIpc) is 2.34. The van der Waals surface area contributed by atoms with Crippen molar-refractivity contribution in [3.05, 3.63) is 29.8 Å². The molecule has 1 heterocycles. The first-order valence-electron chi connectivity index (χ1n) is 5.46. The molecule has 1 saturated heterocycles. The summed E-state index contributed by atoms with van der Waals surface area (Å²) in [6, 6.07) is 4.01. The normalized spacial score (nSPS) is 20.8. The van der Waals surface area contributed by atoms with Crippen LogP contribution in [0.25, 0.3) is 0 Å². The van der Waals surface area contributed by atoms with Gasteiger partial charge in [-0.15, -0.1) is 11.8 Å². The molecule has 0 N–H and O–H groups in total. The molecule has 1 aromatic carbocycles. The van der Waals surface area contributed by atoms with E-state index in [9.17, 15) is 22.8 Å². The summed E-state index contributed by atoms with van der Waals surface area (Å²) in [6.45, 7) is 1.66. The Morgan fingerprint density at radius 2 is 1.79 bits per heavy atom. The summed E-state index contributed by atoms with van der Waals surface area (Å²) in [7, 11) is 0. The van der Waals surface area contributed by atoms with Crippen molar-refractivity contribution in [1.82, 2.24) is 0 Å². The molecule has 0 unspecified atom stereocenters. The summed E-state index contributed by atoms with van der Waals surface area (Å²) >= 11 is 1.22. The van der Waals surface area contributed by atoms with Crippen LogP contribution in [0, 0.1) is 0 Å².